The average molecular weight is 317 g/mol. The van der Waals surface area contributed by atoms with E-state index in [-0.39, 0.29) is 18.9 Å². The Labute approximate surface area is 123 Å². The van der Waals surface area contributed by atoms with E-state index in [0.717, 1.165) is 5.56 Å². The fraction of sp³-hybridized carbons (Fsp3) is 0.462. The molecule has 1 unspecified atom stereocenters. The molecule has 1 amide bonds. The monoisotopic (exact) mass is 316 g/mol. The summed E-state index contributed by atoms with van der Waals surface area (Å²) in [5.41, 5.74) is 0.284. The number of sulfonamides is 1. The van der Waals surface area contributed by atoms with Gasteiger partial charge in [0.15, 0.2) is 0 Å². The van der Waals surface area contributed by atoms with Crippen LogP contribution in [0, 0.1) is 0 Å². The number of carbonyl (C=O) groups excluding carboxylic acids is 1. The van der Waals surface area contributed by atoms with Crippen molar-refractivity contribution in [3.63, 3.8) is 0 Å². The molecular weight excluding hydrogens is 300 g/mol. The van der Waals surface area contributed by atoms with Crippen LogP contribution in [0.4, 0.5) is 0 Å². The van der Waals surface area contributed by atoms with Gasteiger partial charge in [-0.25, -0.2) is 13.6 Å². The Balaban J connectivity index is 2.30. The SMILES string of the molecule is CC(C)(c1ccc(Cl)cc1)N1CC(S(N)(=O)=O)CC1=O. The Bertz CT molecular complexity index is 626. The molecule has 1 aliphatic heterocycles. The van der Waals surface area contributed by atoms with Gasteiger partial charge in [-0.05, 0) is 31.5 Å². The highest BCUT2D eigenvalue weighted by atomic mass is 35.5. The zero-order valence-corrected chi connectivity index (χ0v) is 12.9. The molecule has 1 heterocycles. The standard InChI is InChI=1S/C13H17ClN2O3S/c1-13(2,9-3-5-10(14)6-4-9)16-8-11(7-12(16)17)20(15,18)19/h3-6,11H,7-8H2,1-2H3,(H2,15,18,19). The molecule has 2 N–H and O–H groups in total. The van der Waals surface area contributed by atoms with Crippen LogP contribution in [0.2, 0.25) is 5.02 Å². The highest BCUT2D eigenvalue weighted by Crippen LogP contribution is 2.33. The van der Waals surface area contributed by atoms with Crippen molar-refractivity contribution in [2.45, 2.75) is 31.1 Å². The summed E-state index contributed by atoms with van der Waals surface area (Å²) < 4.78 is 22.8. The van der Waals surface area contributed by atoms with Gasteiger partial charge in [-0.2, -0.15) is 0 Å². The first-order chi connectivity index (χ1) is 9.12. The predicted molar refractivity (Wildman–Crippen MR) is 77.7 cm³/mol. The number of halogens is 1. The van der Waals surface area contributed by atoms with Crippen molar-refractivity contribution < 1.29 is 13.2 Å². The van der Waals surface area contributed by atoms with Gasteiger partial charge in [0.05, 0.1) is 5.54 Å². The molecular formula is C13H17ClN2O3S. The van der Waals surface area contributed by atoms with Gasteiger partial charge in [-0.15, -0.1) is 0 Å². The van der Waals surface area contributed by atoms with E-state index in [2.05, 4.69) is 0 Å². The van der Waals surface area contributed by atoms with Gasteiger partial charge in [-0.3, -0.25) is 4.79 Å². The third-order valence-electron chi connectivity index (χ3n) is 3.78. The number of amides is 1. The van der Waals surface area contributed by atoms with Crippen LogP contribution in [0.15, 0.2) is 24.3 Å². The zero-order valence-electron chi connectivity index (χ0n) is 11.3. The van der Waals surface area contributed by atoms with E-state index in [1.165, 1.54) is 0 Å². The van der Waals surface area contributed by atoms with Gasteiger partial charge < -0.3 is 4.90 Å². The fourth-order valence-corrected chi connectivity index (χ4v) is 3.31. The summed E-state index contributed by atoms with van der Waals surface area (Å²) in [4.78, 5) is 13.7. The minimum atomic E-state index is -3.70. The molecule has 0 radical (unpaired) electrons. The second-order valence-corrected chi connectivity index (χ2v) is 7.77. The quantitative estimate of drug-likeness (QED) is 0.916. The number of benzene rings is 1. The van der Waals surface area contributed by atoms with Crippen LogP contribution in [0.1, 0.15) is 25.8 Å². The molecule has 1 aromatic rings. The molecule has 1 atom stereocenters. The first kappa shape index (κ1) is 15.3. The molecule has 0 aliphatic carbocycles. The van der Waals surface area contributed by atoms with Crippen molar-refractivity contribution in [2.75, 3.05) is 6.54 Å². The van der Waals surface area contributed by atoms with Crippen LogP contribution in [0.25, 0.3) is 0 Å². The number of carbonyl (C=O) groups is 1. The molecule has 1 fully saturated rings. The van der Waals surface area contributed by atoms with E-state index in [4.69, 9.17) is 16.7 Å². The molecule has 0 aromatic heterocycles. The highest BCUT2D eigenvalue weighted by Gasteiger charge is 2.43. The van der Waals surface area contributed by atoms with Crippen LogP contribution in [-0.2, 0) is 20.4 Å². The minimum Gasteiger partial charge on any atom is -0.332 e. The number of hydrogen-bond acceptors (Lipinski definition) is 3. The highest BCUT2D eigenvalue weighted by molar-refractivity contribution is 7.89. The van der Waals surface area contributed by atoms with Gasteiger partial charge in [0, 0.05) is 18.0 Å². The molecule has 110 valence electrons. The van der Waals surface area contributed by atoms with E-state index in [1.54, 1.807) is 17.0 Å². The first-order valence-corrected chi connectivity index (χ1v) is 8.19. The van der Waals surface area contributed by atoms with Crippen molar-refractivity contribution in [1.29, 1.82) is 0 Å². The van der Waals surface area contributed by atoms with E-state index in [9.17, 15) is 13.2 Å². The molecule has 1 aliphatic rings. The Morgan fingerprint density at radius 1 is 1.30 bits per heavy atom. The van der Waals surface area contributed by atoms with E-state index < -0.39 is 20.8 Å². The van der Waals surface area contributed by atoms with Gasteiger partial charge in [0.1, 0.15) is 5.25 Å². The number of nitrogens with two attached hydrogens (primary N) is 1. The summed E-state index contributed by atoms with van der Waals surface area (Å²) in [7, 11) is -3.70. The molecule has 0 bridgehead atoms. The Hall–Kier alpha value is -1.11. The molecule has 7 heteroatoms. The maximum Gasteiger partial charge on any atom is 0.224 e. The number of rotatable bonds is 3. The zero-order chi connectivity index (χ0) is 15.1. The number of likely N-dealkylation sites (tertiary alicyclic amines) is 1. The second kappa shape index (κ2) is 5.02. The molecule has 2 rings (SSSR count). The van der Waals surface area contributed by atoms with Crippen molar-refractivity contribution in [1.82, 2.24) is 4.90 Å². The van der Waals surface area contributed by atoms with Crippen LogP contribution in [-0.4, -0.2) is 31.0 Å². The summed E-state index contributed by atoms with van der Waals surface area (Å²) in [5.74, 6) is -0.205. The van der Waals surface area contributed by atoms with Crippen LogP contribution in [0.3, 0.4) is 0 Å². The van der Waals surface area contributed by atoms with Gasteiger partial charge in [-0.1, -0.05) is 23.7 Å². The Morgan fingerprint density at radius 3 is 2.30 bits per heavy atom. The second-order valence-electron chi connectivity index (χ2n) is 5.49. The van der Waals surface area contributed by atoms with E-state index in [0.29, 0.717) is 5.02 Å². The predicted octanol–water partition coefficient (Wildman–Crippen LogP) is 1.46. The normalized spacial score (nSPS) is 20.5. The summed E-state index contributed by atoms with van der Waals surface area (Å²) in [6.45, 7) is 3.87. The number of hydrogen-bond donors (Lipinski definition) is 1. The van der Waals surface area contributed by atoms with Crippen LogP contribution < -0.4 is 5.14 Å². The minimum absolute atomic E-state index is 0.0597. The lowest BCUT2D eigenvalue weighted by molar-refractivity contribution is -0.132. The van der Waals surface area contributed by atoms with Crippen LogP contribution >= 0.6 is 11.6 Å². The van der Waals surface area contributed by atoms with Crippen molar-refractivity contribution in [3.8, 4) is 0 Å². The largest absolute Gasteiger partial charge is 0.332 e. The molecule has 0 saturated carbocycles. The fourth-order valence-electron chi connectivity index (χ4n) is 2.45. The van der Waals surface area contributed by atoms with Crippen LogP contribution in [0.5, 0.6) is 0 Å². The summed E-state index contributed by atoms with van der Waals surface area (Å²) in [5, 5.41) is 4.92. The lowest BCUT2D eigenvalue weighted by Crippen LogP contribution is -2.43. The third kappa shape index (κ3) is 2.82. The number of primary sulfonamides is 1. The van der Waals surface area contributed by atoms with Crippen molar-refractivity contribution in [2.24, 2.45) is 5.14 Å². The van der Waals surface area contributed by atoms with E-state index >= 15 is 0 Å². The maximum atomic E-state index is 12.1. The molecule has 0 spiro atoms. The van der Waals surface area contributed by atoms with Crippen molar-refractivity contribution in [3.05, 3.63) is 34.9 Å². The number of nitrogens with zero attached hydrogens (tertiary/aromatic N) is 1. The smallest absolute Gasteiger partial charge is 0.224 e. The lowest BCUT2D eigenvalue weighted by Gasteiger charge is -2.36. The molecule has 20 heavy (non-hydrogen) atoms. The maximum absolute atomic E-state index is 12.1. The third-order valence-corrected chi connectivity index (χ3v) is 5.28. The van der Waals surface area contributed by atoms with E-state index in [1.807, 2.05) is 26.0 Å². The first-order valence-electron chi connectivity index (χ1n) is 6.20. The summed E-state index contributed by atoms with van der Waals surface area (Å²) in [6, 6.07) is 7.16. The van der Waals surface area contributed by atoms with Crippen molar-refractivity contribution >= 4 is 27.5 Å². The topological polar surface area (TPSA) is 80.5 Å². The molecule has 1 aromatic carbocycles. The lowest BCUT2D eigenvalue weighted by atomic mass is 9.92. The summed E-state index contributed by atoms with van der Waals surface area (Å²) >= 11 is 5.86. The van der Waals surface area contributed by atoms with Gasteiger partial charge in [0.25, 0.3) is 0 Å². The van der Waals surface area contributed by atoms with Gasteiger partial charge >= 0.3 is 0 Å². The van der Waals surface area contributed by atoms with Gasteiger partial charge in [0.2, 0.25) is 15.9 Å². The average Bonchev–Trinajstić information content (AvgIpc) is 2.72. The molecule has 1 saturated heterocycles. The Kier molecular flexibility index (Phi) is 3.83. The Morgan fingerprint density at radius 2 is 1.85 bits per heavy atom. The molecule has 5 nitrogen and oxygen atoms in total. The summed E-state index contributed by atoms with van der Waals surface area (Å²) in [6.07, 6.45) is -0.0597.